The minimum Gasteiger partial charge on any atom is -0.354 e. The number of benzene rings is 1. The van der Waals surface area contributed by atoms with Crippen molar-refractivity contribution < 1.29 is 4.52 Å². The van der Waals surface area contributed by atoms with Gasteiger partial charge in [-0.2, -0.15) is 0 Å². The van der Waals surface area contributed by atoms with Crippen molar-refractivity contribution in [3.8, 4) is 11.4 Å². The monoisotopic (exact) mass is 275 g/mol. The summed E-state index contributed by atoms with van der Waals surface area (Å²) in [5, 5.41) is 4.94. The van der Waals surface area contributed by atoms with Gasteiger partial charge < -0.3 is 4.52 Å². The molecule has 0 spiro atoms. The van der Waals surface area contributed by atoms with Crippen molar-refractivity contribution in [2.45, 2.75) is 0 Å². The van der Waals surface area contributed by atoms with Crippen molar-refractivity contribution in [1.29, 1.82) is 0 Å². The Labute approximate surface area is 99.4 Å². The lowest BCUT2D eigenvalue weighted by atomic mass is 10.2. The van der Waals surface area contributed by atoms with Gasteiger partial charge in [0.2, 0.25) is 0 Å². The van der Waals surface area contributed by atoms with Crippen LogP contribution in [0.2, 0.25) is 0 Å². The molecule has 2 aromatic heterocycles. The quantitative estimate of drug-likeness (QED) is 0.685. The molecule has 4 nitrogen and oxygen atoms in total. The number of para-hydroxylation sites is 1. The Morgan fingerprint density at radius 3 is 2.94 bits per heavy atom. The van der Waals surface area contributed by atoms with Crippen LogP contribution in [0, 0.1) is 0 Å². The van der Waals surface area contributed by atoms with Gasteiger partial charge in [0.1, 0.15) is 11.4 Å². The average molecular weight is 276 g/mol. The zero-order chi connectivity index (χ0) is 11.0. The number of hydrogen-bond acceptors (Lipinski definition) is 4. The lowest BCUT2D eigenvalue weighted by Gasteiger charge is -1.94. The predicted octanol–water partition coefficient (Wildman–Crippen LogP) is 3.05. The maximum absolute atomic E-state index is 5.27. The number of hydrogen-bond donors (Lipinski definition) is 0. The summed E-state index contributed by atoms with van der Waals surface area (Å²) < 4.78 is 6.15. The highest BCUT2D eigenvalue weighted by Gasteiger charge is 2.12. The number of fused-ring (bicyclic) bond motifs is 1. The van der Waals surface area contributed by atoms with Crippen LogP contribution < -0.4 is 0 Å². The summed E-state index contributed by atoms with van der Waals surface area (Å²) in [7, 11) is 0. The minimum absolute atomic E-state index is 0.708. The molecule has 0 aliphatic carbocycles. The molecule has 0 bridgehead atoms. The Kier molecular flexibility index (Phi) is 2.18. The summed E-state index contributed by atoms with van der Waals surface area (Å²) in [6.45, 7) is 0. The Morgan fingerprint density at radius 2 is 2.12 bits per heavy atom. The molecule has 0 fully saturated rings. The molecular formula is C11H6BrN3O. The van der Waals surface area contributed by atoms with E-state index >= 15 is 0 Å². The van der Waals surface area contributed by atoms with E-state index in [1.54, 1.807) is 18.6 Å². The van der Waals surface area contributed by atoms with E-state index in [0.29, 0.717) is 11.4 Å². The SMILES string of the molecule is Brc1cccc2c(-c3cnccn3)noc12. The molecule has 0 aliphatic rings. The largest absolute Gasteiger partial charge is 0.354 e. The number of rotatable bonds is 1. The molecule has 5 heteroatoms. The summed E-state index contributed by atoms with van der Waals surface area (Å²) in [4.78, 5) is 8.21. The lowest BCUT2D eigenvalue weighted by Crippen LogP contribution is -1.84. The molecule has 3 rings (SSSR count). The molecular weight excluding hydrogens is 270 g/mol. The molecule has 0 amide bonds. The van der Waals surface area contributed by atoms with Crippen molar-refractivity contribution in [2.75, 3.05) is 0 Å². The first-order valence-electron chi connectivity index (χ1n) is 4.66. The van der Waals surface area contributed by atoms with E-state index in [9.17, 15) is 0 Å². The molecule has 1 aromatic carbocycles. The summed E-state index contributed by atoms with van der Waals surface area (Å²) >= 11 is 3.41. The maximum Gasteiger partial charge on any atom is 0.181 e. The van der Waals surface area contributed by atoms with E-state index in [-0.39, 0.29) is 0 Å². The fraction of sp³-hybridized carbons (Fsp3) is 0. The van der Waals surface area contributed by atoms with Crippen LogP contribution in [0.15, 0.2) is 45.8 Å². The van der Waals surface area contributed by atoms with Crippen LogP contribution in [-0.4, -0.2) is 15.1 Å². The molecule has 0 radical (unpaired) electrons. The van der Waals surface area contributed by atoms with Crippen molar-refractivity contribution in [3.63, 3.8) is 0 Å². The summed E-state index contributed by atoms with van der Waals surface area (Å²) in [6.07, 6.45) is 4.92. The van der Waals surface area contributed by atoms with Gasteiger partial charge >= 0.3 is 0 Å². The van der Waals surface area contributed by atoms with Crippen LogP contribution in [0.25, 0.3) is 22.4 Å². The fourth-order valence-electron chi connectivity index (χ4n) is 1.53. The molecule has 3 aromatic rings. The van der Waals surface area contributed by atoms with E-state index in [1.807, 2.05) is 18.2 Å². The summed E-state index contributed by atoms with van der Waals surface area (Å²) in [6, 6.07) is 5.79. The topological polar surface area (TPSA) is 51.8 Å². The second-order valence-corrected chi connectivity index (χ2v) is 4.09. The van der Waals surface area contributed by atoms with Crippen LogP contribution in [0.3, 0.4) is 0 Å². The van der Waals surface area contributed by atoms with Gasteiger partial charge in [-0.05, 0) is 28.1 Å². The van der Waals surface area contributed by atoms with Gasteiger partial charge in [0, 0.05) is 12.4 Å². The number of nitrogens with zero attached hydrogens (tertiary/aromatic N) is 3. The Hall–Kier alpha value is -1.75. The number of halogens is 1. The van der Waals surface area contributed by atoms with Gasteiger partial charge in [0.15, 0.2) is 5.58 Å². The van der Waals surface area contributed by atoms with Crippen LogP contribution in [0.5, 0.6) is 0 Å². The van der Waals surface area contributed by atoms with Crippen molar-refractivity contribution >= 4 is 26.9 Å². The van der Waals surface area contributed by atoms with Crippen LogP contribution in [0.4, 0.5) is 0 Å². The normalized spacial score (nSPS) is 10.8. The van der Waals surface area contributed by atoms with E-state index in [0.717, 1.165) is 15.4 Å². The van der Waals surface area contributed by atoms with Gasteiger partial charge in [0.25, 0.3) is 0 Å². The van der Waals surface area contributed by atoms with Crippen molar-refractivity contribution in [1.82, 2.24) is 15.1 Å². The Bertz CT molecular complexity index is 636. The summed E-state index contributed by atoms with van der Waals surface area (Å²) in [5.41, 5.74) is 2.15. The highest BCUT2D eigenvalue weighted by Crippen LogP contribution is 2.30. The van der Waals surface area contributed by atoms with Gasteiger partial charge in [0.05, 0.1) is 16.1 Å². The average Bonchev–Trinajstić information content (AvgIpc) is 2.75. The van der Waals surface area contributed by atoms with Crippen molar-refractivity contribution in [3.05, 3.63) is 41.3 Å². The van der Waals surface area contributed by atoms with E-state index in [4.69, 9.17) is 4.52 Å². The van der Waals surface area contributed by atoms with E-state index in [1.165, 1.54) is 0 Å². The zero-order valence-electron chi connectivity index (χ0n) is 8.09. The highest BCUT2D eigenvalue weighted by molar-refractivity contribution is 9.10. The molecule has 0 saturated heterocycles. The molecule has 0 saturated carbocycles. The second kappa shape index (κ2) is 3.68. The third-order valence-corrected chi connectivity index (χ3v) is 2.88. The molecule has 2 heterocycles. The van der Waals surface area contributed by atoms with E-state index < -0.39 is 0 Å². The molecule has 16 heavy (non-hydrogen) atoms. The third kappa shape index (κ3) is 1.40. The molecule has 0 atom stereocenters. The Morgan fingerprint density at radius 1 is 1.19 bits per heavy atom. The van der Waals surface area contributed by atoms with Crippen molar-refractivity contribution in [2.24, 2.45) is 0 Å². The maximum atomic E-state index is 5.27. The zero-order valence-corrected chi connectivity index (χ0v) is 9.68. The first-order valence-corrected chi connectivity index (χ1v) is 5.46. The lowest BCUT2D eigenvalue weighted by molar-refractivity contribution is 0.458. The third-order valence-electron chi connectivity index (χ3n) is 2.26. The van der Waals surface area contributed by atoms with Gasteiger partial charge in [-0.1, -0.05) is 11.2 Å². The number of aromatic nitrogens is 3. The molecule has 0 aliphatic heterocycles. The smallest absolute Gasteiger partial charge is 0.181 e. The van der Waals surface area contributed by atoms with Gasteiger partial charge in [-0.15, -0.1) is 0 Å². The fourth-order valence-corrected chi connectivity index (χ4v) is 1.97. The van der Waals surface area contributed by atoms with Crippen LogP contribution in [0.1, 0.15) is 0 Å². The van der Waals surface area contributed by atoms with E-state index in [2.05, 4.69) is 31.1 Å². The van der Waals surface area contributed by atoms with Crippen LogP contribution in [-0.2, 0) is 0 Å². The molecule has 78 valence electrons. The van der Waals surface area contributed by atoms with Gasteiger partial charge in [-0.3, -0.25) is 9.97 Å². The first kappa shape index (κ1) is 9.47. The second-order valence-electron chi connectivity index (χ2n) is 3.24. The molecule has 0 N–H and O–H groups in total. The predicted molar refractivity (Wildman–Crippen MR) is 62.7 cm³/mol. The minimum atomic E-state index is 0.708. The first-order chi connectivity index (χ1) is 7.86. The standard InChI is InChI=1S/C11H6BrN3O/c12-8-3-1-2-7-10(15-16-11(7)8)9-6-13-4-5-14-9/h1-6H. The highest BCUT2D eigenvalue weighted by atomic mass is 79.9. The summed E-state index contributed by atoms with van der Waals surface area (Å²) in [5.74, 6) is 0. The van der Waals surface area contributed by atoms with Crippen LogP contribution >= 0.6 is 15.9 Å². The van der Waals surface area contributed by atoms with Gasteiger partial charge in [-0.25, -0.2) is 0 Å². The Balaban J connectivity index is 2.30. The molecule has 0 unspecified atom stereocenters.